The minimum Gasteiger partial charge on any atom is -0.481 e. The fraction of sp³-hybridized carbons (Fsp3) is 0.286. The van der Waals surface area contributed by atoms with Gasteiger partial charge in [0.15, 0.2) is 6.61 Å². The van der Waals surface area contributed by atoms with Crippen LogP contribution in [-0.4, -0.2) is 29.7 Å². The van der Waals surface area contributed by atoms with Crippen LogP contribution in [0.25, 0.3) is 10.9 Å². The van der Waals surface area contributed by atoms with Crippen LogP contribution in [0.15, 0.2) is 30.5 Å². The van der Waals surface area contributed by atoms with E-state index in [-0.39, 0.29) is 12.5 Å². The minimum absolute atomic E-state index is 0.0717. The summed E-state index contributed by atoms with van der Waals surface area (Å²) in [4.78, 5) is 22.7. The van der Waals surface area contributed by atoms with Gasteiger partial charge in [0.2, 0.25) is 5.91 Å². The van der Waals surface area contributed by atoms with Crippen molar-refractivity contribution >= 4 is 22.8 Å². The van der Waals surface area contributed by atoms with Crippen LogP contribution in [0.2, 0.25) is 0 Å². The summed E-state index contributed by atoms with van der Waals surface area (Å²) < 4.78 is 11.8. The first-order valence-electron chi connectivity index (χ1n) is 6.03. The SMILES string of the molecule is CCOC(=O)COc1cccc2c1ccn2C(C)=O. The van der Waals surface area contributed by atoms with E-state index in [1.165, 1.54) is 11.5 Å². The number of fused-ring (bicyclic) bond motifs is 1. The Bertz CT molecular complexity index is 615. The summed E-state index contributed by atoms with van der Waals surface area (Å²) in [6, 6.07) is 7.15. The third-order valence-corrected chi connectivity index (χ3v) is 2.68. The molecule has 19 heavy (non-hydrogen) atoms. The van der Waals surface area contributed by atoms with Gasteiger partial charge in [0.25, 0.3) is 0 Å². The molecule has 2 aromatic rings. The third kappa shape index (κ3) is 2.76. The second-order valence-electron chi connectivity index (χ2n) is 3.99. The maximum Gasteiger partial charge on any atom is 0.344 e. The van der Waals surface area contributed by atoms with Crippen molar-refractivity contribution in [3.05, 3.63) is 30.5 Å². The van der Waals surface area contributed by atoms with E-state index in [4.69, 9.17) is 9.47 Å². The van der Waals surface area contributed by atoms with Gasteiger partial charge < -0.3 is 9.47 Å². The van der Waals surface area contributed by atoms with E-state index in [1.807, 2.05) is 6.07 Å². The van der Waals surface area contributed by atoms with E-state index < -0.39 is 5.97 Å². The van der Waals surface area contributed by atoms with Crippen LogP contribution in [-0.2, 0) is 9.53 Å². The molecular formula is C14H15NO4. The van der Waals surface area contributed by atoms with Crippen LogP contribution in [0.3, 0.4) is 0 Å². The average Bonchev–Trinajstić information content (AvgIpc) is 2.81. The molecule has 5 heteroatoms. The maximum absolute atomic E-state index is 11.4. The number of nitrogens with zero attached hydrogens (tertiary/aromatic N) is 1. The van der Waals surface area contributed by atoms with Crippen molar-refractivity contribution in [3.8, 4) is 5.75 Å². The van der Waals surface area contributed by atoms with Crippen LogP contribution in [0, 0.1) is 0 Å². The van der Waals surface area contributed by atoms with Gasteiger partial charge in [-0.05, 0) is 25.1 Å². The van der Waals surface area contributed by atoms with Gasteiger partial charge in [-0.2, -0.15) is 0 Å². The normalized spacial score (nSPS) is 10.4. The molecule has 0 saturated carbocycles. The highest BCUT2D eigenvalue weighted by Crippen LogP contribution is 2.26. The molecule has 0 aliphatic heterocycles. The van der Waals surface area contributed by atoms with Gasteiger partial charge in [0, 0.05) is 18.5 Å². The van der Waals surface area contributed by atoms with Gasteiger partial charge in [0.1, 0.15) is 5.75 Å². The molecule has 1 heterocycles. The number of carbonyl (C=O) groups excluding carboxylic acids is 2. The molecule has 1 aromatic heterocycles. The summed E-state index contributed by atoms with van der Waals surface area (Å²) in [7, 11) is 0. The van der Waals surface area contributed by atoms with Crippen molar-refractivity contribution in [2.45, 2.75) is 13.8 Å². The van der Waals surface area contributed by atoms with Crippen LogP contribution in [0.5, 0.6) is 5.75 Å². The Morgan fingerprint density at radius 3 is 2.74 bits per heavy atom. The summed E-state index contributed by atoms with van der Waals surface area (Å²) in [5.74, 6) is 0.0774. The molecule has 0 atom stereocenters. The Labute approximate surface area is 110 Å². The van der Waals surface area contributed by atoms with Crippen molar-refractivity contribution in [2.24, 2.45) is 0 Å². The first kappa shape index (κ1) is 13.1. The molecule has 0 N–H and O–H groups in total. The molecule has 0 aliphatic rings. The molecule has 0 saturated heterocycles. The molecule has 0 spiro atoms. The predicted molar refractivity (Wildman–Crippen MR) is 70.4 cm³/mol. The maximum atomic E-state index is 11.4. The van der Waals surface area contributed by atoms with E-state index in [9.17, 15) is 9.59 Å². The molecule has 5 nitrogen and oxygen atoms in total. The number of carbonyl (C=O) groups is 2. The van der Waals surface area contributed by atoms with E-state index in [2.05, 4.69) is 0 Å². The Morgan fingerprint density at radius 1 is 1.26 bits per heavy atom. The molecule has 1 aromatic carbocycles. The zero-order valence-corrected chi connectivity index (χ0v) is 10.9. The van der Waals surface area contributed by atoms with Crippen molar-refractivity contribution in [3.63, 3.8) is 0 Å². The Morgan fingerprint density at radius 2 is 2.05 bits per heavy atom. The van der Waals surface area contributed by atoms with Gasteiger partial charge in [-0.3, -0.25) is 9.36 Å². The summed E-state index contributed by atoms with van der Waals surface area (Å²) in [6.45, 7) is 3.42. The van der Waals surface area contributed by atoms with Gasteiger partial charge in [-0.25, -0.2) is 4.79 Å². The molecular weight excluding hydrogens is 246 g/mol. The molecule has 0 aliphatic carbocycles. The lowest BCUT2D eigenvalue weighted by Crippen LogP contribution is -2.14. The quantitative estimate of drug-likeness (QED) is 0.792. The standard InChI is InChI=1S/C14H15NO4/c1-3-18-14(17)9-19-13-6-4-5-12-11(13)7-8-15(12)10(2)16/h4-8H,3,9H2,1-2H3. The molecule has 0 unspecified atom stereocenters. The van der Waals surface area contributed by atoms with Crippen LogP contribution in [0.1, 0.15) is 18.6 Å². The zero-order chi connectivity index (χ0) is 13.8. The van der Waals surface area contributed by atoms with Crippen molar-refractivity contribution in [1.29, 1.82) is 0 Å². The van der Waals surface area contributed by atoms with Gasteiger partial charge in [0.05, 0.1) is 12.1 Å². The first-order chi connectivity index (χ1) is 9.13. The minimum atomic E-state index is -0.412. The highest BCUT2D eigenvalue weighted by atomic mass is 16.6. The summed E-state index contributed by atoms with van der Waals surface area (Å²) in [6.07, 6.45) is 1.68. The fourth-order valence-electron chi connectivity index (χ4n) is 1.88. The summed E-state index contributed by atoms with van der Waals surface area (Å²) in [5.41, 5.74) is 0.758. The van der Waals surface area contributed by atoms with Crippen molar-refractivity contribution in [1.82, 2.24) is 4.57 Å². The Balaban J connectivity index is 2.24. The highest BCUT2D eigenvalue weighted by molar-refractivity contribution is 5.94. The van der Waals surface area contributed by atoms with Gasteiger partial charge in [-0.15, -0.1) is 0 Å². The van der Waals surface area contributed by atoms with Crippen LogP contribution >= 0.6 is 0 Å². The number of hydrogen-bond acceptors (Lipinski definition) is 4. The molecule has 2 rings (SSSR count). The van der Waals surface area contributed by atoms with E-state index in [1.54, 1.807) is 31.3 Å². The number of ether oxygens (including phenoxy) is 2. The van der Waals surface area contributed by atoms with E-state index in [0.717, 1.165) is 10.9 Å². The van der Waals surface area contributed by atoms with Crippen molar-refractivity contribution < 1.29 is 19.1 Å². The zero-order valence-electron chi connectivity index (χ0n) is 10.9. The number of benzene rings is 1. The second-order valence-corrected chi connectivity index (χ2v) is 3.99. The smallest absolute Gasteiger partial charge is 0.344 e. The Kier molecular flexibility index (Phi) is 3.85. The molecule has 0 radical (unpaired) electrons. The van der Waals surface area contributed by atoms with Crippen molar-refractivity contribution in [2.75, 3.05) is 13.2 Å². The van der Waals surface area contributed by atoms with E-state index in [0.29, 0.717) is 12.4 Å². The van der Waals surface area contributed by atoms with Gasteiger partial charge in [-0.1, -0.05) is 6.07 Å². The first-order valence-corrected chi connectivity index (χ1v) is 6.03. The van der Waals surface area contributed by atoms with Crippen LogP contribution in [0.4, 0.5) is 0 Å². The number of aromatic nitrogens is 1. The number of esters is 1. The monoisotopic (exact) mass is 261 g/mol. The fourth-order valence-corrected chi connectivity index (χ4v) is 1.88. The average molecular weight is 261 g/mol. The highest BCUT2D eigenvalue weighted by Gasteiger charge is 2.10. The van der Waals surface area contributed by atoms with Crippen LogP contribution < -0.4 is 4.74 Å². The Hall–Kier alpha value is -2.30. The molecule has 0 bridgehead atoms. The number of rotatable bonds is 4. The topological polar surface area (TPSA) is 57.5 Å². The lowest BCUT2D eigenvalue weighted by atomic mass is 10.2. The molecule has 100 valence electrons. The lowest BCUT2D eigenvalue weighted by Gasteiger charge is -2.07. The largest absolute Gasteiger partial charge is 0.481 e. The summed E-state index contributed by atoms with van der Waals surface area (Å²) >= 11 is 0. The third-order valence-electron chi connectivity index (χ3n) is 2.68. The molecule has 0 fully saturated rings. The predicted octanol–water partition coefficient (Wildman–Crippen LogP) is 2.24. The number of hydrogen-bond donors (Lipinski definition) is 0. The van der Waals surface area contributed by atoms with Gasteiger partial charge >= 0.3 is 5.97 Å². The summed E-state index contributed by atoms with van der Waals surface area (Å²) in [5, 5.41) is 0.794. The molecule has 0 amide bonds. The lowest BCUT2D eigenvalue weighted by molar-refractivity contribution is -0.145. The second kappa shape index (κ2) is 5.56. The van der Waals surface area contributed by atoms with E-state index >= 15 is 0 Å².